The van der Waals surface area contributed by atoms with E-state index >= 15 is 0 Å². The molecule has 1 atom stereocenters. The molecule has 19 heavy (non-hydrogen) atoms. The lowest BCUT2D eigenvalue weighted by molar-refractivity contribution is -0.121. The predicted octanol–water partition coefficient (Wildman–Crippen LogP) is 1.96. The Labute approximate surface area is 121 Å². The fourth-order valence-corrected chi connectivity index (χ4v) is 2.47. The number of benzene rings is 1. The molecule has 0 aliphatic carbocycles. The van der Waals surface area contributed by atoms with Crippen LogP contribution in [0.4, 0.5) is 0 Å². The maximum absolute atomic E-state index is 11.7. The van der Waals surface area contributed by atoms with Crippen LogP contribution in [0.25, 0.3) is 0 Å². The zero-order valence-electron chi connectivity index (χ0n) is 10.4. The summed E-state index contributed by atoms with van der Waals surface area (Å²) in [6.45, 7) is 2.28. The van der Waals surface area contributed by atoms with E-state index in [0.29, 0.717) is 37.1 Å². The van der Waals surface area contributed by atoms with Gasteiger partial charge in [-0.2, -0.15) is 0 Å². The van der Waals surface area contributed by atoms with E-state index in [0.717, 1.165) is 4.90 Å². The third-order valence-electron chi connectivity index (χ3n) is 2.60. The lowest BCUT2D eigenvalue weighted by Crippen LogP contribution is -2.40. The number of carbonyl (C=O) groups excluding carboxylic acids is 1. The molecule has 1 aromatic carbocycles. The van der Waals surface area contributed by atoms with Crippen LogP contribution in [0.15, 0.2) is 29.2 Å². The first-order chi connectivity index (χ1) is 9.24. The molecule has 1 N–H and O–H groups in total. The van der Waals surface area contributed by atoms with Crippen LogP contribution in [0.1, 0.15) is 0 Å². The normalized spacial score (nSPS) is 19.1. The number of hydrogen-bond acceptors (Lipinski definition) is 4. The van der Waals surface area contributed by atoms with Crippen molar-refractivity contribution in [2.24, 2.45) is 0 Å². The van der Waals surface area contributed by atoms with Crippen molar-refractivity contribution in [2.45, 2.75) is 11.0 Å². The molecule has 0 radical (unpaired) electrons. The van der Waals surface area contributed by atoms with Gasteiger partial charge in [0.1, 0.15) is 0 Å². The number of halogens is 1. The van der Waals surface area contributed by atoms with E-state index < -0.39 is 0 Å². The Hall–Kier alpha value is -0.750. The van der Waals surface area contributed by atoms with Gasteiger partial charge in [-0.05, 0) is 24.3 Å². The van der Waals surface area contributed by atoms with E-state index in [9.17, 15) is 4.79 Å². The van der Waals surface area contributed by atoms with Gasteiger partial charge in [0.15, 0.2) is 0 Å². The number of carbonyl (C=O) groups is 1. The highest BCUT2D eigenvalue weighted by Crippen LogP contribution is 2.19. The van der Waals surface area contributed by atoms with E-state index in [1.54, 1.807) is 0 Å². The summed E-state index contributed by atoms with van der Waals surface area (Å²) in [5.74, 6) is 0.379. The molecule has 2 rings (SSSR count). The minimum Gasteiger partial charge on any atom is -0.376 e. The molecule has 0 unspecified atom stereocenters. The van der Waals surface area contributed by atoms with Crippen LogP contribution in [0.5, 0.6) is 0 Å². The van der Waals surface area contributed by atoms with Gasteiger partial charge in [-0.15, -0.1) is 11.8 Å². The fourth-order valence-electron chi connectivity index (χ4n) is 1.61. The summed E-state index contributed by atoms with van der Waals surface area (Å²) in [4.78, 5) is 12.7. The van der Waals surface area contributed by atoms with Crippen LogP contribution in [0.3, 0.4) is 0 Å². The van der Waals surface area contributed by atoms with Gasteiger partial charge in [-0.3, -0.25) is 4.79 Å². The average Bonchev–Trinajstić information content (AvgIpc) is 2.45. The molecule has 1 aromatic rings. The Bertz CT molecular complexity index is 407. The second kappa shape index (κ2) is 7.75. The standard InChI is InChI=1S/C13H16ClNO3S/c14-10-1-3-12(4-2-10)19-9-13(16)15-7-11-8-17-5-6-18-11/h1-4,11H,5-9H2,(H,15,16)/t11-/m0/s1. The van der Waals surface area contributed by atoms with Crippen LogP contribution >= 0.6 is 23.4 Å². The quantitative estimate of drug-likeness (QED) is 0.845. The van der Waals surface area contributed by atoms with Gasteiger partial charge in [0.05, 0.1) is 31.7 Å². The Kier molecular flexibility index (Phi) is 5.97. The monoisotopic (exact) mass is 301 g/mol. The van der Waals surface area contributed by atoms with Gasteiger partial charge >= 0.3 is 0 Å². The number of hydrogen-bond donors (Lipinski definition) is 1. The second-order valence-corrected chi connectivity index (χ2v) is 5.60. The molecule has 1 fully saturated rings. The molecule has 0 saturated carbocycles. The molecule has 1 aliphatic rings. The van der Waals surface area contributed by atoms with Gasteiger partial charge in [0.25, 0.3) is 0 Å². The second-order valence-electron chi connectivity index (χ2n) is 4.11. The molecular weight excluding hydrogens is 286 g/mol. The summed E-state index contributed by atoms with van der Waals surface area (Å²) in [5, 5.41) is 3.54. The van der Waals surface area contributed by atoms with Gasteiger partial charge in [-0.1, -0.05) is 11.6 Å². The van der Waals surface area contributed by atoms with Crippen molar-refractivity contribution in [2.75, 3.05) is 32.1 Å². The van der Waals surface area contributed by atoms with Gasteiger partial charge < -0.3 is 14.8 Å². The zero-order chi connectivity index (χ0) is 13.5. The molecule has 0 aromatic heterocycles. The van der Waals surface area contributed by atoms with Crippen molar-refractivity contribution >= 4 is 29.3 Å². The summed E-state index contributed by atoms with van der Waals surface area (Å²) in [7, 11) is 0. The molecule has 4 nitrogen and oxygen atoms in total. The van der Waals surface area contributed by atoms with Crippen LogP contribution in [-0.4, -0.2) is 44.1 Å². The average molecular weight is 302 g/mol. The Morgan fingerprint density at radius 2 is 2.16 bits per heavy atom. The largest absolute Gasteiger partial charge is 0.376 e. The number of amides is 1. The van der Waals surface area contributed by atoms with Crippen LogP contribution in [-0.2, 0) is 14.3 Å². The van der Waals surface area contributed by atoms with Crippen molar-refractivity contribution in [3.63, 3.8) is 0 Å². The SMILES string of the molecule is O=C(CSc1ccc(Cl)cc1)NC[C@H]1COCCO1. The molecule has 1 heterocycles. The first-order valence-corrected chi connectivity index (χ1v) is 7.45. The molecule has 0 spiro atoms. The van der Waals surface area contributed by atoms with Crippen LogP contribution in [0.2, 0.25) is 5.02 Å². The first-order valence-electron chi connectivity index (χ1n) is 6.08. The summed E-state index contributed by atoms with van der Waals surface area (Å²) in [6, 6.07) is 7.43. The van der Waals surface area contributed by atoms with E-state index in [2.05, 4.69) is 5.32 Å². The highest BCUT2D eigenvalue weighted by Gasteiger charge is 2.15. The summed E-state index contributed by atoms with van der Waals surface area (Å²) >= 11 is 7.28. The highest BCUT2D eigenvalue weighted by molar-refractivity contribution is 8.00. The Balaban J connectivity index is 1.65. The van der Waals surface area contributed by atoms with Crippen LogP contribution in [0, 0.1) is 0 Å². The maximum atomic E-state index is 11.7. The van der Waals surface area contributed by atoms with Crippen molar-refractivity contribution < 1.29 is 14.3 Å². The van der Waals surface area contributed by atoms with Crippen molar-refractivity contribution in [3.05, 3.63) is 29.3 Å². The van der Waals surface area contributed by atoms with E-state index in [1.165, 1.54) is 11.8 Å². The lowest BCUT2D eigenvalue weighted by Gasteiger charge is -2.23. The third-order valence-corrected chi connectivity index (χ3v) is 3.86. The van der Waals surface area contributed by atoms with Crippen LogP contribution < -0.4 is 5.32 Å². The number of nitrogens with one attached hydrogen (secondary N) is 1. The smallest absolute Gasteiger partial charge is 0.230 e. The zero-order valence-corrected chi connectivity index (χ0v) is 12.0. The highest BCUT2D eigenvalue weighted by atomic mass is 35.5. The third kappa shape index (κ3) is 5.40. The summed E-state index contributed by atoms with van der Waals surface area (Å²) in [6.07, 6.45) is -0.0294. The lowest BCUT2D eigenvalue weighted by atomic mass is 10.3. The molecule has 1 saturated heterocycles. The Morgan fingerprint density at radius 1 is 1.37 bits per heavy atom. The predicted molar refractivity (Wildman–Crippen MR) is 75.7 cm³/mol. The molecule has 1 aliphatic heterocycles. The number of thioether (sulfide) groups is 1. The summed E-state index contributed by atoms with van der Waals surface area (Å²) < 4.78 is 10.7. The minimum atomic E-state index is -0.0294. The molecular formula is C13H16ClNO3S. The minimum absolute atomic E-state index is 0.00544. The molecule has 1 amide bonds. The number of ether oxygens (including phenoxy) is 2. The van der Waals surface area contributed by atoms with Gasteiger partial charge in [0.2, 0.25) is 5.91 Å². The number of rotatable bonds is 5. The topological polar surface area (TPSA) is 47.6 Å². The molecule has 104 valence electrons. The maximum Gasteiger partial charge on any atom is 0.230 e. The van der Waals surface area contributed by atoms with Crippen molar-refractivity contribution in [1.29, 1.82) is 0 Å². The van der Waals surface area contributed by atoms with Crippen molar-refractivity contribution in [3.8, 4) is 0 Å². The molecule has 0 bridgehead atoms. The van der Waals surface area contributed by atoms with Gasteiger partial charge in [-0.25, -0.2) is 0 Å². The van der Waals surface area contributed by atoms with E-state index in [1.807, 2.05) is 24.3 Å². The first kappa shape index (κ1) is 14.7. The summed E-state index contributed by atoms with van der Waals surface area (Å²) in [5.41, 5.74) is 0. The van der Waals surface area contributed by atoms with Gasteiger partial charge in [0, 0.05) is 16.5 Å². The van der Waals surface area contributed by atoms with E-state index in [-0.39, 0.29) is 12.0 Å². The van der Waals surface area contributed by atoms with Crippen molar-refractivity contribution in [1.82, 2.24) is 5.32 Å². The fraction of sp³-hybridized carbons (Fsp3) is 0.462. The Morgan fingerprint density at radius 3 is 2.84 bits per heavy atom. The molecule has 6 heteroatoms. The van der Waals surface area contributed by atoms with E-state index in [4.69, 9.17) is 21.1 Å².